The number of halogens is 1. The number of rotatable bonds is 4. The Bertz CT molecular complexity index is 531. The topological polar surface area (TPSA) is 38.0 Å². The third kappa shape index (κ3) is 2.46. The van der Waals surface area contributed by atoms with Crippen LogP contribution in [0.25, 0.3) is 0 Å². The highest BCUT2D eigenvalue weighted by molar-refractivity contribution is 7.10. The van der Waals surface area contributed by atoms with Gasteiger partial charge < -0.3 is 5.11 Å². The van der Waals surface area contributed by atoms with Crippen LogP contribution in [0.3, 0.4) is 0 Å². The first-order valence-corrected chi connectivity index (χ1v) is 7.19. The Kier molecular flexibility index (Phi) is 3.80. The van der Waals surface area contributed by atoms with E-state index in [0.717, 1.165) is 22.8 Å². The second-order valence-corrected chi connectivity index (χ2v) is 5.92. The quantitative estimate of drug-likeness (QED) is 0.935. The number of nitrogens with zero attached hydrogens (tertiary/aromatic N) is 2. The van der Waals surface area contributed by atoms with E-state index in [4.69, 9.17) is 11.6 Å². The molecule has 0 bridgehead atoms. The fraction of sp³-hybridized carbons (Fsp3) is 0.462. The number of aryl methyl sites for hydroxylation is 2. The van der Waals surface area contributed by atoms with E-state index in [0.29, 0.717) is 11.4 Å². The number of aliphatic hydroxyl groups is 1. The van der Waals surface area contributed by atoms with Gasteiger partial charge in [-0.25, -0.2) is 0 Å². The molecule has 1 atom stereocenters. The van der Waals surface area contributed by atoms with Gasteiger partial charge in [-0.2, -0.15) is 5.10 Å². The van der Waals surface area contributed by atoms with E-state index in [2.05, 4.69) is 5.10 Å². The van der Waals surface area contributed by atoms with Gasteiger partial charge in [0.1, 0.15) is 5.60 Å². The zero-order chi connectivity index (χ0) is 13.3. The Hall–Kier alpha value is -0.840. The van der Waals surface area contributed by atoms with E-state index in [1.165, 1.54) is 0 Å². The molecule has 0 saturated heterocycles. The van der Waals surface area contributed by atoms with Crippen LogP contribution in [0, 0.1) is 6.92 Å². The maximum absolute atomic E-state index is 10.6. The molecule has 2 rings (SSSR count). The molecule has 0 aliphatic rings. The highest BCUT2D eigenvalue weighted by Gasteiger charge is 2.28. The van der Waals surface area contributed by atoms with Crippen LogP contribution in [0.15, 0.2) is 17.5 Å². The first kappa shape index (κ1) is 13.6. The average molecular weight is 285 g/mol. The Balaban J connectivity index is 2.34. The maximum atomic E-state index is 10.6. The van der Waals surface area contributed by atoms with Crippen molar-refractivity contribution in [2.45, 2.75) is 39.3 Å². The predicted molar refractivity (Wildman–Crippen MR) is 75.2 cm³/mol. The third-order valence-electron chi connectivity index (χ3n) is 3.02. The van der Waals surface area contributed by atoms with E-state index < -0.39 is 5.60 Å². The minimum absolute atomic E-state index is 0.473. The second-order valence-electron chi connectivity index (χ2n) is 4.59. The maximum Gasteiger partial charge on any atom is 0.101 e. The van der Waals surface area contributed by atoms with Gasteiger partial charge in [0.15, 0.2) is 0 Å². The van der Waals surface area contributed by atoms with E-state index in [1.807, 2.05) is 43.0 Å². The van der Waals surface area contributed by atoms with Crippen molar-refractivity contribution in [3.8, 4) is 0 Å². The van der Waals surface area contributed by atoms with Gasteiger partial charge in [0, 0.05) is 17.8 Å². The summed E-state index contributed by atoms with van der Waals surface area (Å²) in [5, 5.41) is 17.6. The molecule has 1 unspecified atom stereocenters. The molecule has 5 heteroatoms. The molecule has 98 valence electrons. The van der Waals surface area contributed by atoms with Crippen LogP contribution in [0.5, 0.6) is 0 Å². The Labute approximate surface area is 116 Å². The molecule has 0 aliphatic heterocycles. The monoisotopic (exact) mass is 284 g/mol. The zero-order valence-electron chi connectivity index (χ0n) is 10.8. The van der Waals surface area contributed by atoms with E-state index in [9.17, 15) is 5.11 Å². The number of aromatic nitrogens is 2. The number of hydrogen-bond acceptors (Lipinski definition) is 3. The first-order valence-electron chi connectivity index (χ1n) is 5.94. The van der Waals surface area contributed by atoms with Gasteiger partial charge in [-0.1, -0.05) is 17.7 Å². The van der Waals surface area contributed by atoms with Crippen molar-refractivity contribution in [2.24, 2.45) is 0 Å². The summed E-state index contributed by atoms with van der Waals surface area (Å²) in [4.78, 5) is 0.945. The van der Waals surface area contributed by atoms with E-state index >= 15 is 0 Å². The molecule has 0 saturated carbocycles. The van der Waals surface area contributed by atoms with Crippen molar-refractivity contribution in [1.82, 2.24) is 9.78 Å². The van der Waals surface area contributed by atoms with Crippen molar-refractivity contribution in [3.05, 3.63) is 38.8 Å². The van der Waals surface area contributed by atoms with Gasteiger partial charge in [0.2, 0.25) is 0 Å². The van der Waals surface area contributed by atoms with Crippen molar-refractivity contribution in [2.75, 3.05) is 0 Å². The predicted octanol–water partition coefficient (Wildman–Crippen LogP) is 3.38. The molecule has 0 fully saturated rings. The highest BCUT2D eigenvalue weighted by Crippen LogP contribution is 2.32. The minimum atomic E-state index is -0.906. The molecule has 18 heavy (non-hydrogen) atoms. The molecule has 3 nitrogen and oxygen atoms in total. The normalized spacial score (nSPS) is 14.7. The second kappa shape index (κ2) is 5.03. The summed E-state index contributed by atoms with van der Waals surface area (Å²) >= 11 is 7.82. The van der Waals surface area contributed by atoms with Crippen LogP contribution in [-0.4, -0.2) is 14.9 Å². The lowest BCUT2D eigenvalue weighted by Crippen LogP contribution is -2.24. The smallest absolute Gasteiger partial charge is 0.101 e. The van der Waals surface area contributed by atoms with Gasteiger partial charge in [-0.05, 0) is 32.2 Å². The lowest BCUT2D eigenvalue weighted by Gasteiger charge is -2.22. The molecule has 1 N–H and O–H groups in total. The van der Waals surface area contributed by atoms with E-state index in [-0.39, 0.29) is 0 Å². The molecule has 0 amide bonds. The Morgan fingerprint density at radius 1 is 1.56 bits per heavy atom. The van der Waals surface area contributed by atoms with Crippen molar-refractivity contribution in [1.29, 1.82) is 0 Å². The van der Waals surface area contributed by atoms with Gasteiger partial charge in [0.05, 0.1) is 16.4 Å². The van der Waals surface area contributed by atoms with Gasteiger partial charge in [-0.3, -0.25) is 4.68 Å². The average Bonchev–Trinajstić information content (AvgIpc) is 2.93. The van der Waals surface area contributed by atoms with Crippen LogP contribution in [0.2, 0.25) is 5.02 Å². The molecular formula is C13H17ClN2OS. The van der Waals surface area contributed by atoms with Crippen LogP contribution < -0.4 is 0 Å². The van der Waals surface area contributed by atoms with Crippen molar-refractivity contribution in [3.63, 3.8) is 0 Å². The first-order chi connectivity index (χ1) is 8.45. The Morgan fingerprint density at radius 3 is 2.83 bits per heavy atom. The number of hydrogen-bond donors (Lipinski definition) is 1. The molecule has 2 heterocycles. The van der Waals surface area contributed by atoms with Gasteiger partial charge in [-0.15, -0.1) is 11.3 Å². The van der Waals surface area contributed by atoms with Gasteiger partial charge in [0.25, 0.3) is 0 Å². The molecule has 0 aliphatic carbocycles. The molecule has 0 radical (unpaired) electrons. The summed E-state index contributed by atoms with van der Waals surface area (Å²) in [6.45, 7) is 6.48. The molecule has 0 spiro atoms. The summed E-state index contributed by atoms with van der Waals surface area (Å²) in [6, 6.07) is 3.89. The van der Waals surface area contributed by atoms with Crippen LogP contribution in [-0.2, 0) is 18.6 Å². The lowest BCUT2D eigenvalue weighted by molar-refractivity contribution is 0.0592. The van der Waals surface area contributed by atoms with E-state index in [1.54, 1.807) is 11.3 Å². The fourth-order valence-corrected chi connectivity index (χ4v) is 3.03. The minimum Gasteiger partial charge on any atom is -0.384 e. The van der Waals surface area contributed by atoms with Gasteiger partial charge >= 0.3 is 0 Å². The summed E-state index contributed by atoms with van der Waals surface area (Å²) in [5.41, 5.74) is 0.808. The largest absolute Gasteiger partial charge is 0.384 e. The zero-order valence-corrected chi connectivity index (χ0v) is 12.3. The van der Waals surface area contributed by atoms with Crippen LogP contribution in [0.1, 0.15) is 30.1 Å². The fourth-order valence-electron chi connectivity index (χ4n) is 2.04. The van der Waals surface area contributed by atoms with Crippen molar-refractivity contribution < 1.29 is 5.11 Å². The molecule has 2 aromatic heterocycles. The third-order valence-corrected chi connectivity index (χ3v) is 4.63. The SMILES string of the molecule is CCn1nc(C)c(Cl)c1CC(C)(O)c1cccs1. The standard InChI is InChI=1S/C13H17ClN2OS/c1-4-16-10(12(14)9(2)15-16)8-13(3,17)11-6-5-7-18-11/h5-7,17H,4,8H2,1-3H3. The summed E-state index contributed by atoms with van der Waals surface area (Å²) in [7, 11) is 0. The summed E-state index contributed by atoms with van der Waals surface area (Å²) in [5.74, 6) is 0. The Morgan fingerprint density at radius 2 is 2.28 bits per heavy atom. The molecule has 0 aromatic carbocycles. The highest BCUT2D eigenvalue weighted by atomic mass is 35.5. The summed E-state index contributed by atoms with van der Waals surface area (Å²) in [6.07, 6.45) is 0.473. The molecular weight excluding hydrogens is 268 g/mol. The lowest BCUT2D eigenvalue weighted by atomic mass is 9.98. The van der Waals surface area contributed by atoms with Crippen LogP contribution in [0.4, 0.5) is 0 Å². The van der Waals surface area contributed by atoms with Crippen molar-refractivity contribution >= 4 is 22.9 Å². The molecule has 2 aromatic rings. The number of thiophene rings is 1. The summed E-state index contributed by atoms with van der Waals surface area (Å²) < 4.78 is 1.86. The van der Waals surface area contributed by atoms with Crippen LogP contribution >= 0.6 is 22.9 Å².